The van der Waals surface area contributed by atoms with E-state index in [9.17, 15) is 40.7 Å². The van der Waals surface area contributed by atoms with Crippen LogP contribution in [0.1, 0.15) is 107 Å². The molecule has 1 saturated heterocycles. The van der Waals surface area contributed by atoms with Crippen molar-refractivity contribution in [2.24, 2.45) is 45.3 Å². The second-order valence-electron chi connectivity index (χ2n) is 18.1. The maximum atomic E-state index is 12.3. The van der Waals surface area contributed by atoms with Crippen molar-refractivity contribution in [1.29, 1.82) is 0 Å². The Morgan fingerprint density at radius 3 is 2.16 bits per heavy atom. The molecule has 0 bridgehead atoms. The molecule has 50 heavy (non-hydrogen) atoms. The van der Waals surface area contributed by atoms with E-state index in [2.05, 4.69) is 32.2 Å². The standard InChI is InChI=1S/C38H64O12/c1-19(2)23(50-46)13-17-37(8,45)22-12-15-35(6)21(22)10-11-26-36(35,7)16-14-25-34(4,5)32(29(43)31(44)38(25,26)9)49-33-30(47-20(3)40)28(42)27(41)24(18-39)48-33/h21-33,39,41-46H,1,10-18H2,2-9H3/t21-,22+,23+,24-,25+,26+,27-,28+,29-,30-,31-,32+,33+,35-,36-,37-,38+/m1/s1. The fourth-order valence-corrected chi connectivity index (χ4v) is 12.4. The highest BCUT2D eigenvalue weighted by Crippen LogP contribution is 2.76. The first-order valence-electron chi connectivity index (χ1n) is 18.6. The zero-order valence-corrected chi connectivity index (χ0v) is 31.2. The lowest BCUT2D eigenvalue weighted by molar-refractivity contribution is -0.355. The molecule has 1 heterocycles. The molecule has 0 amide bonds. The van der Waals surface area contributed by atoms with Gasteiger partial charge in [-0.25, -0.2) is 4.89 Å². The van der Waals surface area contributed by atoms with E-state index in [1.165, 1.54) is 0 Å². The fourth-order valence-electron chi connectivity index (χ4n) is 12.4. The Morgan fingerprint density at radius 1 is 0.940 bits per heavy atom. The highest BCUT2D eigenvalue weighted by atomic mass is 17.1. The lowest BCUT2D eigenvalue weighted by Crippen LogP contribution is -2.73. The monoisotopic (exact) mass is 712 g/mol. The van der Waals surface area contributed by atoms with E-state index < -0.39 is 84.1 Å². The summed E-state index contributed by atoms with van der Waals surface area (Å²) >= 11 is 0. The minimum absolute atomic E-state index is 0.0636. The van der Waals surface area contributed by atoms with Crippen LogP contribution in [-0.2, 0) is 23.9 Å². The summed E-state index contributed by atoms with van der Waals surface area (Å²) in [5.74, 6) is -0.425. The van der Waals surface area contributed by atoms with Crippen LogP contribution in [0.2, 0.25) is 0 Å². The first-order valence-corrected chi connectivity index (χ1v) is 18.6. The summed E-state index contributed by atoms with van der Waals surface area (Å²) in [6.45, 7) is 19.0. The summed E-state index contributed by atoms with van der Waals surface area (Å²) in [6.07, 6.45) is -5.10. The van der Waals surface area contributed by atoms with E-state index in [1.807, 2.05) is 20.8 Å². The van der Waals surface area contributed by atoms with Gasteiger partial charge in [0.15, 0.2) is 12.4 Å². The Hall–Kier alpha value is -1.19. The Labute approximate surface area is 297 Å². The van der Waals surface area contributed by atoms with Gasteiger partial charge in [0, 0.05) is 12.3 Å². The molecule has 0 aromatic heterocycles. The van der Waals surface area contributed by atoms with Gasteiger partial charge in [0.1, 0.15) is 30.5 Å². The number of carbonyl (C=O) groups excluding carboxylic acids is 1. The van der Waals surface area contributed by atoms with Gasteiger partial charge < -0.3 is 44.8 Å². The number of aliphatic hydroxyl groups is 6. The molecule has 1 aliphatic heterocycles. The van der Waals surface area contributed by atoms with Gasteiger partial charge in [0.25, 0.3) is 0 Å². The van der Waals surface area contributed by atoms with Crippen LogP contribution in [0.3, 0.4) is 0 Å². The summed E-state index contributed by atoms with van der Waals surface area (Å²) in [6, 6.07) is 0. The third-order valence-electron chi connectivity index (χ3n) is 15.3. The maximum absolute atomic E-state index is 12.3. The van der Waals surface area contributed by atoms with Crippen molar-refractivity contribution in [2.75, 3.05) is 6.61 Å². The van der Waals surface area contributed by atoms with Gasteiger partial charge in [-0.2, -0.15) is 0 Å². The molecule has 17 atom stereocenters. The summed E-state index contributed by atoms with van der Waals surface area (Å²) < 4.78 is 17.6. The lowest BCUT2D eigenvalue weighted by atomic mass is 9.34. The van der Waals surface area contributed by atoms with Crippen LogP contribution in [0.15, 0.2) is 12.2 Å². The van der Waals surface area contributed by atoms with Gasteiger partial charge >= 0.3 is 5.97 Å². The molecule has 0 radical (unpaired) electrons. The predicted octanol–water partition coefficient (Wildman–Crippen LogP) is 3.33. The first-order chi connectivity index (χ1) is 23.1. The number of hydrogen-bond acceptors (Lipinski definition) is 12. The first kappa shape index (κ1) is 40.0. The molecular weight excluding hydrogens is 648 g/mol. The second-order valence-corrected chi connectivity index (χ2v) is 18.1. The van der Waals surface area contributed by atoms with Crippen LogP contribution < -0.4 is 0 Å². The average molecular weight is 713 g/mol. The molecule has 4 saturated carbocycles. The molecule has 4 aliphatic carbocycles. The Morgan fingerprint density at radius 2 is 1.58 bits per heavy atom. The molecule has 7 N–H and O–H groups in total. The summed E-state index contributed by atoms with van der Waals surface area (Å²) in [5.41, 5.74) is -1.97. The summed E-state index contributed by atoms with van der Waals surface area (Å²) in [5, 5.41) is 76.7. The van der Waals surface area contributed by atoms with E-state index in [0.717, 1.165) is 45.4 Å². The van der Waals surface area contributed by atoms with Crippen LogP contribution in [0, 0.1) is 45.3 Å². The highest BCUT2D eigenvalue weighted by Gasteiger charge is 2.73. The van der Waals surface area contributed by atoms with E-state index in [1.54, 1.807) is 6.92 Å². The summed E-state index contributed by atoms with van der Waals surface area (Å²) in [7, 11) is 0. The van der Waals surface area contributed by atoms with Crippen molar-refractivity contribution in [3.8, 4) is 0 Å². The molecule has 5 fully saturated rings. The van der Waals surface area contributed by atoms with Gasteiger partial charge in [-0.15, -0.1) is 0 Å². The zero-order valence-electron chi connectivity index (χ0n) is 31.2. The minimum Gasteiger partial charge on any atom is -0.454 e. The normalized spacial score (nSPS) is 48.8. The lowest BCUT2D eigenvalue weighted by Gasteiger charge is -2.71. The van der Waals surface area contributed by atoms with E-state index >= 15 is 0 Å². The number of aliphatic hydroxyl groups excluding tert-OH is 5. The molecule has 12 nitrogen and oxygen atoms in total. The molecule has 5 rings (SSSR count). The number of esters is 1. The molecular formula is C38H64O12. The van der Waals surface area contributed by atoms with Gasteiger partial charge in [0.05, 0.1) is 24.4 Å². The van der Waals surface area contributed by atoms with Crippen LogP contribution in [0.25, 0.3) is 0 Å². The quantitative estimate of drug-likeness (QED) is 0.0575. The molecule has 0 aromatic rings. The molecule has 12 heteroatoms. The Balaban J connectivity index is 1.41. The summed E-state index contributed by atoms with van der Waals surface area (Å²) in [4.78, 5) is 16.6. The number of hydrogen-bond donors (Lipinski definition) is 7. The fraction of sp³-hybridized carbons (Fsp3) is 0.921. The second kappa shape index (κ2) is 13.9. The smallest absolute Gasteiger partial charge is 0.303 e. The molecule has 5 aliphatic rings. The van der Waals surface area contributed by atoms with Crippen molar-refractivity contribution in [1.82, 2.24) is 0 Å². The number of fused-ring (bicyclic) bond motifs is 5. The van der Waals surface area contributed by atoms with E-state index in [0.29, 0.717) is 18.4 Å². The predicted molar refractivity (Wildman–Crippen MR) is 182 cm³/mol. The minimum atomic E-state index is -1.60. The maximum Gasteiger partial charge on any atom is 0.303 e. The Kier molecular flexibility index (Phi) is 11.1. The van der Waals surface area contributed by atoms with Gasteiger partial charge in [-0.1, -0.05) is 41.2 Å². The van der Waals surface area contributed by atoms with Crippen molar-refractivity contribution < 1.29 is 59.8 Å². The molecule has 0 aromatic carbocycles. The third kappa shape index (κ3) is 6.11. The number of rotatable bonds is 10. The number of carbonyl (C=O) groups is 1. The molecule has 288 valence electrons. The SMILES string of the molecule is C=C(C)[C@H](CC[C@@](C)(O)[C@H]1CC[C@]2(C)[C@@H]1CC[C@@H]1[C@@]3(C)[C@H](O)[C@@H](O)[C@H](O[C@@H]4O[C@H](CO)[C@@H](O)[C@H](O)[C@H]4OC(C)=O)C(C)(C)[C@@H]3CC[C@]12C)OO. The highest BCUT2D eigenvalue weighted by molar-refractivity contribution is 5.66. The van der Waals surface area contributed by atoms with Gasteiger partial charge in [-0.3, -0.25) is 10.1 Å². The molecule has 0 unspecified atom stereocenters. The van der Waals surface area contributed by atoms with Crippen molar-refractivity contribution in [3.63, 3.8) is 0 Å². The van der Waals surface area contributed by atoms with E-state index in [-0.39, 0.29) is 34.5 Å². The van der Waals surface area contributed by atoms with Crippen LogP contribution in [0.5, 0.6) is 0 Å². The van der Waals surface area contributed by atoms with Gasteiger partial charge in [-0.05, 0) is 111 Å². The van der Waals surface area contributed by atoms with Crippen molar-refractivity contribution in [3.05, 3.63) is 12.2 Å². The van der Waals surface area contributed by atoms with Crippen molar-refractivity contribution in [2.45, 2.75) is 167 Å². The topological polar surface area (TPSA) is 196 Å². The van der Waals surface area contributed by atoms with E-state index in [4.69, 9.17) is 14.2 Å². The van der Waals surface area contributed by atoms with Crippen LogP contribution in [-0.4, -0.2) is 109 Å². The third-order valence-corrected chi connectivity index (χ3v) is 15.3. The average Bonchev–Trinajstić information content (AvgIpc) is 3.40. The molecule has 0 spiro atoms. The van der Waals surface area contributed by atoms with Crippen LogP contribution in [0.4, 0.5) is 0 Å². The number of ether oxygens (including phenoxy) is 3. The Bertz CT molecular complexity index is 1260. The van der Waals surface area contributed by atoms with Gasteiger partial charge in [0.2, 0.25) is 0 Å². The van der Waals surface area contributed by atoms with Crippen LogP contribution >= 0.6 is 0 Å². The largest absolute Gasteiger partial charge is 0.454 e. The zero-order chi connectivity index (χ0) is 37.4. The van der Waals surface area contributed by atoms with Crippen molar-refractivity contribution >= 4 is 5.97 Å².